The minimum atomic E-state index is -0.318. The highest BCUT2D eigenvalue weighted by Gasteiger charge is 2.24. The lowest BCUT2D eigenvalue weighted by Gasteiger charge is -2.28. The molecule has 9 heteroatoms. The molecule has 4 heterocycles. The number of aromatic nitrogens is 4. The predicted octanol–water partition coefficient (Wildman–Crippen LogP) is 4.25. The lowest BCUT2D eigenvalue weighted by Crippen LogP contribution is -2.38. The van der Waals surface area contributed by atoms with Crippen molar-refractivity contribution in [2.75, 3.05) is 18.5 Å². The zero-order valence-electron chi connectivity index (χ0n) is 18.9. The topological polar surface area (TPSA) is 99.1 Å². The van der Waals surface area contributed by atoms with Crippen molar-refractivity contribution in [1.29, 1.82) is 0 Å². The average molecular weight is 484 g/mol. The first-order valence-electron chi connectivity index (χ1n) is 11.4. The van der Waals surface area contributed by atoms with Crippen molar-refractivity contribution in [1.82, 2.24) is 19.9 Å². The van der Waals surface area contributed by atoms with Gasteiger partial charge in [-0.2, -0.15) is 4.98 Å². The molecule has 0 bridgehead atoms. The Labute approximate surface area is 205 Å². The minimum Gasteiger partial charge on any atom is -0.485 e. The summed E-state index contributed by atoms with van der Waals surface area (Å²) < 4.78 is 11.3. The van der Waals surface area contributed by atoms with Crippen LogP contribution in [-0.4, -0.2) is 45.2 Å². The second-order valence-electron chi connectivity index (χ2n) is 8.55. The maximum Gasteiger partial charge on any atom is 0.259 e. The first kappa shape index (κ1) is 21.6. The number of rotatable bonds is 5. The summed E-state index contributed by atoms with van der Waals surface area (Å²) in [7, 11) is 0. The number of anilines is 1. The van der Waals surface area contributed by atoms with Crippen LogP contribution in [0.15, 0.2) is 42.7 Å². The Morgan fingerprint density at radius 1 is 1.14 bits per heavy atom. The number of ether oxygens (including phenoxy) is 2. The smallest absolute Gasteiger partial charge is 0.259 e. The SMILES string of the molecule is Cc1cc(-c2ccccc2OC2COC2)c(C(=O)Nc2nc3ncc(C#CC4CC4)nc3s2)cn1. The van der Waals surface area contributed by atoms with Crippen molar-refractivity contribution in [3.8, 4) is 28.7 Å². The van der Waals surface area contributed by atoms with Crippen molar-refractivity contribution >= 4 is 32.9 Å². The second kappa shape index (κ2) is 9.06. The number of amides is 1. The number of thiazole rings is 1. The number of nitrogens with zero attached hydrogens (tertiary/aromatic N) is 4. The Morgan fingerprint density at radius 3 is 2.80 bits per heavy atom. The molecule has 3 aromatic heterocycles. The summed E-state index contributed by atoms with van der Waals surface area (Å²) in [6.45, 7) is 3.01. The summed E-state index contributed by atoms with van der Waals surface area (Å²) in [6, 6.07) is 9.57. The molecule has 1 N–H and O–H groups in total. The zero-order chi connectivity index (χ0) is 23.8. The third kappa shape index (κ3) is 4.71. The molecule has 0 spiro atoms. The summed E-state index contributed by atoms with van der Waals surface area (Å²) >= 11 is 1.27. The van der Waals surface area contributed by atoms with Gasteiger partial charge in [0.2, 0.25) is 0 Å². The van der Waals surface area contributed by atoms with Crippen molar-refractivity contribution in [2.45, 2.75) is 25.9 Å². The van der Waals surface area contributed by atoms with Gasteiger partial charge in [0.15, 0.2) is 15.6 Å². The minimum absolute atomic E-state index is 0.0120. The quantitative estimate of drug-likeness (QED) is 0.424. The third-order valence-electron chi connectivity index (χ3n) is 5.69. The van der Waals surface area contributed by atoms with E-state index in [0.717, 1.165) is 29.7 Å². The molecule has 8 nitrogen and oxygen atoms in total. The fourth-order valence-corrected chi connectivity index (χ4v) is 4.41. The maximum absolute atomic E-state index is 13.3. The van der Waals surface area contributed by atoms with Gasteiger partial charge in [-0.1, -0.05) is 35.5 Å². The summed E-state index contributed by atoms with van der Waals surface area (Å²) in [5.41, 5.74) is 3.87. The van der Waals surface area contributed by atoms with Gasteiger partial charge in [0.05, 0.1) is 25.0 Å². The van der Waals surface area contributed by atoms with E-state index in [-0.39, 0.29) is 12.0 Å². The molecular formula is C26H21N5O3S. The number of carbonyl (C=O) groups is 1. The van der Waals surface area contributed by atoms with Crippen LogP contribution in [0.4, 0.5) is 5.13 Å². The zero-order valence-corrected chi connectivity index (χ0v) is 19.8. The Bertz CT molecular complexity index is 1500. The van der Waals surface area contributed by atoms with Gasteiger partial charge in [-0.05, 0) is 37.8 Å². The number of para-hydroxylation sites is 1. The maximum atomic E-state index is 13.3. The Balaban J connectivity index is 1.29. The highest BCUT2D eigenvalue weighted by atomic mass is 32.1. The van der Waals surface area contributed by atoms with Crippen LogP contribution in [0.25, 0.3) is 21.6 Å². The van der Waals surface area contributed by atoms with Crippen LogP contribution in [0.3, 0.4) is 0 Å². The van der Waals surface area contributed by atoms with Gasteiger partial charge in [0.1, 0.15) is 17.5 Å². The Hall–Kier alpha value is -3.87. The van der Waals surface area contributed by atoms with Crippen LogP contribution in [0.5, 0.6) is 5.75 Å². The van der Waals surface area contributed by atoms with Gasteiger partial charge in [-0.3, -0.25) is 15.1 Å². The standard InChI is InChI=1S/C26H21N5O3S/c1-15-10-20(19-4-2-3-5-22(19)34-18-13-33-14-18)21(12-27-15)24(32)31-26-30-23-25(35-26)29-17(11-28-23)9-8-16-6-7-16/h2-5,10-12,16,18H,6-7,13-14H2,1H3,(H,28,30,31,32). The molecule has 4 aromatic rings. The van der Waals surface area contributed by atoms with Crippen molar-refractivity contribution < 1.29 is 14.3 Å². The molecule has 1 saturated heterocycles. The Morgan fingerprint density at radius 2 is 2.00 bits per heavy atom. The molecule has 0 unspecified atom stereocenters. The van der Waals surface area contributed by atoms with Crippen LogP contribution in [-0.2, 0) is 4.74 Å². The predicted molar refractivity (Wildman–Crippen MR) is 132 cm³/mol. The van der Waals surface area contributed by atoms with Gasteiger partial charge in [0, 0.05) is 28.9 Å². The van der Waals surface area contributed by atoms with Gasteiger partial charge in [-0.25, -0.2) is 9.97 Å². The molecule has 2 aliphatic rings. The van der Waals surface area contributed by atoms with Crippen LogP contribution in [0.1, 0.15) is 34.6 Å². The number of nitrogens with one attached hydrogen (secondary N) is 1. The lowest BCUT2D eigenvalue weighted by molar-refractivity contribution is -0.0794. The fourth-order valence-electron chi connectivity index (χ4n) is 3.62. The van der Waals surface area contributed by atoms with Crippen molar-refractivity contribution in [2.24, 2.45) is 5.92 Å². The fraction of sp³-hybridized carbons (Fsp3) is 0.269. The van der Waals surface area contributed by atoms with Gasteiger partial charge < -0.3 is 9.47 Å². The molecule has 0 radical (unpaired) electrons. The first-order chi connectivity index (χ1) is 17.1. The number of pyridine rings is 1. The molecule has 2 fully saturated rings. The molecule has 1 saturated carbocycles. The molecule has 0 atom stereocenters. The number of hydrogen-bond acceptors (Lipinski definition) is 8. The lowest BCUT2D eigenvalue weighted by atomic mass is 9.99. The molecule has 174 valence electrons. The van der Waals surface area contributed by atoms with Crippen LogP contribution >= 0.6 is 11.3 Å². The molecule has 1 aromatic carbocycles. The first-order valence-corrected chi connectivity index (χ1v) is 12.2. The van der Waals surface area contributed by atoms with E-state index in [1.807, 2.05) is 37.3 Å². The number of benzene rings is 1. The van der Waals surface area contributed by atoms with Crippen LogP contribution in [0, 0.1) is 24.7 Å². The Kier molecular flexibility index (Phi) is 5.60. The highest BCUT2D eigenvalue weighted by molar-refractivity contribution is 7.21. The number of hydrogen-bond donors (Lipinski definition) is 1. The van der Waals surface area contributed by atoms with E-state index in [0.29, 0.717) is 51.7 Å². The van der Waals surface area contributed by atoms with E-state index in [1.165, 1.54) is 11.3 Å². The number of aryl methyl sites for hydroxylation is 1. The van der Waals surface area contributed by atoms with E-state index in [4.69, 9.17) is 9.47 Å². The van der Waals surface area contributed by atoms with E-state index < -0.39 is 0 Å². The third-order valence-corrected chi connectivity index (χ3v) is 6.54. The second-order valence-corrected chi connectivity index (χ2v) is 9.52. The highest BCUT2D eigenvalue weighted by Crippen LogP contribution is 2.34. The summed E-state index contributed by atoms with van der Waals surface area (Å²) in [4.78, 5) is 31.6. The largest absolute Gasteiger partial charge is 0.485 e. The normalized spacial score (nSPS) is 15.2. The monoisotopic (exact) mass is 483 g/mol. The molecule has 6 rings (SSSR count). The van der Waals surface area contributed by atoms with Crippen LogP contribution < -0.4 is 10.1 Å². The van der Waals surface area contributed by atoms with Gasteiger partial charge in [0.25, 0.3) is 5.91 Å². The molecule has 1 aliphatic heterocycles. The average Bonchev–Trinajstić information content (AvgIpc) is 3.58. The molecule has 35 heavy (non-hydrogen) atoms. The number of carbonyl (C=O) groups excluding carboxylic acids is 1. The van der Waals surface area contributed by atoms with E-state index >= 15 is 0 Å². The summed E-state index contributed by atoms with van der Waals surface area (Å²) in [5.74, 6) is 7.13. The number of fused-ring (bicyclic) bond motifs is 1. The van der Waals surface area contributed by atoms with E-state index in [9.17, 15) is 4.79 Å². The van der Waals surface area contributed by atoms with Crippen molar-refractivity contribution in [3.63, 3.8) is 0 Å². The van der Waals surface area contributed by atoms with Gasteiger partial charge >= 0.3 is 0 Å². The van der Waals surface area contributed by atoms with Crippen LogP contribution in [0.2, 0.25) is 0 Å². The van der Waals surface area contributed by atoms with Crippen molar-refractivity contribution in [3.05, 3.63) is 59.7 Å². The summed E-state index contributed by atoms with van der Waals surface area (Å²) in [6.07, 6.45) is 5.52. The molecule has 1 aliphatic carbocycles. The summed E-state index contributed by atoms with van der Waals surface area (Å²) in [5, 5.41) is 3.31. The molecule has 1 amide bonds. The van der Waals surface area contributed by atoms with Gasteiger partial charge in [-0.15, -0.1) is 0 Å². The van der Waals surface area contributed by atoms with E-state index in [2.05, 4.69) is 37.1 Å². The molecular weight excluding hydrogens is 462 g/mol. The van der Waals surface area contributed by atoms with E-state index in [1.54, 1.807) is 12.4 Å².